The van der Waals surface area contributed by atoms with Crippen molar-refractivity contribution in [3.05, 3.63) is 65.2 Å². The number of amides is 1. The van der Waals surface area contributed by atoms with Crippen LogP contribution in [-0.2, 0) is 11.2 Å². The average molecular weight is 386 g/mol. The minimum Gasteiger partial charge on any atom is -0.369 e. The Labute approximate surface area is 167 Å². The molecule has 0 radical (unpaired) electrons. The molecule has 3 rings (SSSR count). The predicted molar refractivity (Wildman–Crippen MR) is 112 cm³/mol. The Morgan fingerprint density at radius 1 is 0.963 bits per heavy atom. The summed E-state index contributed by atoms with van der Waals surface area (Å²) in [4.78, 5) is 16.9. The second-order valence-corrected chi connectivity index (χ2v) is 7.43. The number of benzene rings is 2. The first-order chi connectivity index (χ1) is 13.2. The predicted octanol–water partition coefficient (Wildman–Crippen LogP) is 3.60. The number of hydrogen-bond acceptors (Lipinski definition) is 3. The Morgan fingerprint density at radius 3 is 2.37 bits per heavy atom. The van der Waals surface area contributed by atoms with E-state index in [2.05, 4.69) is 45.4 Å². The zero-order valence-electron chi connectivity index (χ0n) is 15.7. The first kappa shape index (κ1) is 19.7. The highest BCUT2D eigenvalue weighted by Crippen LogP contribution is 2.15. The summed E-state index contributed by atoms with van der Waals surface area (Å²) < 4.78 is 0. The van der Waals surface area contributed by atoms with Crippen LogP contribution in [0.4, 0.5) is 5.69 Å². The summed E-state index contributed by atoms with van der Waals surface area (Å²) >= 11 is 5.89. The summed E-state index contributed by atoms with van der Waals surface area (Å²) in [5.74, 6) is 0.145. The quantitative estimate of drug-likeness (QED) is 0.754. The molecule has 144 valence electrons. The molecule has 0 unspecified atom stereocenters. The van der Waals surface area contributed by atoms with Crippen LogP contribution in [-0.4, -0.2) is 50.1 Å². The lowest BCUT2D eigenvalue weighted by Gasteiger charge is -2.36. The van der Waals surface area contributed by atoms with Crippen molar-refractivity contribution in [2.75, 3.05) is 44.2 Å². The van der Waals surface area contributed by atoms with E-state index in [1.165, 1.54) is 11.3 Å². The highest BCUT2D eigenvalue weighted by atomic mass is 35.5. The van der Waals surface area contributed by atoms with Gasteiger partial charge in [0.2, 0.25) is 5.91 Å². The van der Waals surface area contributed by atoms with Crippen LogP contribution in [0.1, 0.15) is 18.4 Å². The van der Waals surface area contributed by atoms with E-state index in [-0.39, 0.29) is 5.91 Å². The highest BCUT2D eigenvalue weighted by molar-refractivity contribution is 6.30. The van der Waals surface area contributed by atoms with Crippen LogP contribution >= 0.6 is 11.6 Å². The molecular weight excluding hydrogens is 358 g/mol. The second-order valence-electron chi connectivity index (χ2n) is 6.99. The maximum absolute atomic E-state index is 12.0. The van der Waals surface area contributed by atoms with Gasteiger partial charge >= 0.3 is 0 Å². The molecule has 2 aromatic rings. The van der Waals surface area contributed by atoms with Gasteiger partial charge in [0.1, 0.15) is 0 Å². The fourth-order valence-electron chi connectivity index (χ4n) is 3.41. The van der Waals surface area contributed by atoms with E-state index in [9.17, 15) is 4.79 Å². The maximum atomic E-state index is 12.0. The molecular formula is C22H28ClN3O. The molecule has 0 spiro atoms. The largest absolute Gasteiger partial charge is 0.369 e. The van der Waals surface area contributed by atoms with Crippen molar-refractivity contribution < 1.29 is 4.79 Å². The summed E-state index contributed by atoms with van der Waals surface area (Å²) in [5.41, 5.74) is 2.52. The van der Waals surface area contributed by atoms with Gasteiger partial charge in [0.25, 0.3) is 0 Å². The molecule has 1 heterocycles. The summed E-state index contributed by atoms with van der Waals surface area (Å²) in [6.45, 7) is 5.82. The van der Waals surface area contributed by atoms with Crippen molar-refractivity contribution in [1.82, 2.24) is 10.2 Å². The molecule has 0 atom stereocenters. The number of aryl methyl sites for hydroxylation is 1. The maximum Gasteiger partial charge on any atom is 0.220 e. The van der Waals surface area contributed by atoms with Crippen molar-refractivity contribution >= 4 is 23.2 Å². The Hall–Kier alpha value is -2.04. The molecule has 2 aromatic carbocycles. The van der Waals surface area contributed by atoms with Gasteiger partial charge < -0.3 is 10.2 Å². The van der Waals surface area contributed by atoms with Crippen LogP contribution in [0.3, 0.4) is 0 Å². The molecule has 1 fully saturated rings. The van der Waals surface area contributed by atoms with E-state index < -0.39 is 0 Å². The molecule has 1 saturated heterocycles. The number of hydrogen-bond donors (Lipinski definition) is 1. The highest BCUT2D eigenvalue weighted by Gasteiger charge is 2.16. The molecule has 1 aliphatic heterocycles. The molecule has 0 saturated carbocycles. The minimum atomic E-state index is 0.145. The van der Waals surface area contributed by atoms with Crippen molar-refractivity contribution in [3.8, 4) is 0 Å². The van der Waals surface area contributed by atoms with Gasteiger partial charge in [-0.2, -0.15) is 0 Å². The molecule has 1 N–H and O–H groups in total. The van der Waals surface area contributed by atoms with Gasteiger partial charge in [-0.05, 0) is 42.7 Å². The summed E-state index contributed by atoms with van der Waals surface area (Å²) in [6.07, 6.45) is 2.35. The van der Waals surface area contributed by atoms with Gasteiger partial charge in [-0.15, -0.1) is 0 Å². The first-order valence-electron chi connectivity index (χ1n) is 9.74. The van der Waals surface area contributed by atoms with Crippen molar-refractivity contribution in [2.45, 2.75) is 19.3 Å². The smallest absolute Gasteiger partial charge is 0.220 e. The van der Waals surface area contributed by atoms with E-state index in [1.807, 2.05) is 24.3 Å². The number of para-hydroxylation sites is 1. The number of nitrogens with zero attached hydrogens (tertiary/aromatic N) is 2. The lowest BCUT2D eigenvalue weighted by Crippen LogP contribution is -2.48. The zero-order valence-corrected chi connectivity index (χ0v) is 16.5. The normalized spacial score (nSPS) is 14.9. The van der Waals surface area contributed by atoms with Crippen LogP contribution in [0.25, 0.3) is 0 Å². The SMILES string of the molecule is O=C(CCCc1ccc(Cl)cc1)NCCN1CCN(c2ccccc2)CC1. The molecule has 1 amide bonds. The molecule has 0 aromatic heterocycles. The first-order valence-corrected chi connectivity index (χ1v) is 10.1. The molecule has 4 nitrogen and oxygen atoms in total. The number of carbonyl (C=O) groups excluding carboxylic acids is 1. The van der Waals surface area contributed by atoms with Crippen molar-refractivity contribution in [2.24, 2.45) is 0 Å². The number of halogens is 1. The Bertz CT molecular complexity index is 697. The zero-order chi connectivity index (χ0) is 18.9. The number of anilines is 1. The third-order valence-electron chi connectivity index (χ3n) is 5.03. The van der Waals surface area contributed by atoms with E-state index >= 15 is 0 Å². The van der Waals surface area contributed by atoms with E-state index in [0.717, 1.165) is 57.1 Å². The molecule has 5 heteroatoms. The molecule has 0 aliphatic carbocycles. The number of carbonyl (C=O) groups is 1. The fourth-order valence-corrected chi connectivity index (χ4v) is 3.54. The van der Waals surface area contributed by atoms with Crippen LogP contribution < -0.4 is 10.2 Å². The number of piperazine rings is 1. The van der Waals surface area contributed by atoms with Crippen LogP contribution in [0, 0.1) is 0 Å². The minimum absolute atomic E-state index is 0.145. The third kappa shape index (κ3) is 6.56. The van der Waals surface area contributed by atoms with Gasteiger partial charge in [0.15, 0.2) is 0 Å². The van der Waals surface area contributed by atoms with Gasteiger partial charge in [-0.3, -0.25) is 9.69 Å². The number of rotatable bonds is 8. The van der Waals surface area contributed by atoms with E-state index in [4.69, 9.17) is 11.6 Å². The Balaban J connectivity index is 1.26. The molecule has 1 aliphatic rings. The summed E-state index contributed by atoms with van der Waals surface area (Å²) in [6, 6.07) is 18.4. The molecule has 27 heavy (non-hydrogen) atoms. The fraction of sp³-hybridized carbons (Fsp3) is 0.409. The lowest BCUT2D eigenvalue weighted by molar-refractivity contribution is -0.121. The second kappa shape index (κ2) is 10.3. The van der Waals surface area contributed by atoms with Crippen LogP contribution in [0.15, 0.2) is 54.6 Å². The van der Waals surface area contributed by atoms with Crippen molar-refractivity contribution in [3.63, 3.8) is 0 Å². The standard InChI is InChI=1S/C22H28ClN3O/c23-20-11-9-19(10-12-20)5-4-8-22(27)24-13-14-25-15-17-26(18-16-25)21-6-2-1-3-7-21/h1-3,6-7,9-12H,4-5,8,13-18H2,(H,24,27). The van der Waals surface area contributed by atoms with Gasteiger partial charge in [0, 0.05) is 56.4 Å². The van der Waals surface area contributed by atoms with E-state index in [0.29, 0.717) is 6.42 Å². The van der Waals surface area contributed by atoms with E-state index in [1.54, 1.807) is 0 Å². The summed E-state index contributed by atoms with van der Waals surface area (Å²) in [5, 5.41) is 3.80. The van der Waals surface area contributed by atoms with Crippen LogP contribution in [0.5, 0.6) is 0 Å². The van der Waals surface area contributed by atoms with Gasteiger partial charge in [0.05, 0.1) is 0 Å². The van der Waals surface area contributed by atoms with Crippen LogP contribution in [0.2, 0.25) is 5.02 Å². The Kier molecular flexibility index (Phi) is 7.55. The van der Waals surface area contributed by atoms with Gasteiger partial charge in [-0.25, -0.2) is 0 Å². The number of nitrogens with one attached hydrogen (secondary N) is 1. The monoisotopic (exact) mass is 385 g/mol. The molecule has 0 bridgehead atoms. The third-order valence-corrected chi connectivity index (χ3v) is 5.28. The van der Waals surface area contributed by atoms with Crippen molar-refractivity contribution in [1.29, 1.82) is 0 Å². The average Bonchev–Trinajstić information content (AvgIpc) is 2.71. The topological polar surface area (TPSA) is 35.6 Å². The van der Waals surface area contributed by atoms with Gasteiger partial charge in [-0.1, -0.05) is 41.9 Å². The lowest BCUT2D eigenvalue weighted by atomic mass is 10.1. The Morgan fingerprint density at radius 2 is 1.67 bits per heavy atom. The summed E-state index contributed by atoms with van der Waals surface area (Å²) in [7, 11) is 0.